The Morgan fingerprint density at radius 1 is 1.00 bits per heavy atom. The summed E-state index contributed by atoms with van der Waals surface area (Å²) in [7, 11) is 0. The lowest BCUT2D eigenvalue weighted by Crippen LogP contribution is -2.07. The summed E-state index contributed by atoms with van der Waals surface area (Å²) in [4.78, 5) is 0. The summed E-state index contributed by atoms with van der Waals surface area (Å²) in [5.74, 6) is 1.68. The van der Waals surface area contributed by atoms with Gasteiger partial charge in [0.25, 0.3) is 0 Å². The Balaban J connectivity index is 1.99. The van der Waals surface area contributed by atoms with Crippen molar-refractivity contribution in [3.05, 3.63) is 40.8 Å². The van der Waals surface area contributed by atoms with E-state index in [0.29, 0.717) is 0 Å². The van der Waals surface area contributed by atoms with Gasteiger partial charge in [-0.2, -0.15) is 0 Å². The maximum Gasteiger partial charge on any atom is 0.0438 e. The number of benzene rings is 1. The minimum Gasteiger partial charge on any atom is -0.0840 e. The van der Waals surface area contributed by atoms with Gasteiger partial charge in [-0.25, -0.2) is 0 Å². The van der Waals surface area contributed by atoms with Gasteiger partial charge in [-0.15, -0.1) is 0 Å². The summed E-state index contributed by atoms with van der Waals surface area (Å²) in [6.45, 7) is 0. The quantitative estimate of drug-likeness (QED) is 0.674. The van der Waals surface area contributed by atoms with E-state index in [9.17, 15) is 0 Å². The molecule has 1 aliphatic carbocycles. The van der Waals surface area contributed by atoms with Crippen LogP contribution >= 0.6 is 11.6 Å². The highest BCUT2D eigenvalue weighted by atomic mass is 35.5. The molecule has 0 unspecified atom stereocenters. The van der Waals surface area contributed by atoms with Gasteiger partial charge in [0, 0.05) is 5.02 Å². The fourth-order valence-electron chi connectivity index (χ4n) is 2.14. The highest BCUT2D eigenvalue weighted by Crippen LogP contribution is 2.30. The Hall–Kier alpha value is -0.490. The predicted octanol–water partition coefficient (Wildman–Crippen LogP) is 4.42. The number of rotatable bonds is 2. The van der Waals surface area contributed by atoms with E-state index < -0.39 is 0 Å². The van der Waals surface area contributed by atoms with E-state index in [0.717, 1.165) is 11.4 Å². The molecular weight excluding hydrogens is 192 g/mol. The van der Waals surface area contributed by atoms with Crippen LogP contribution in [0.2, 0.25) is 5.02 Å². The Labute approximate surface area is 91.3 Å². The summed E-state index contributed by atoms with van der Waals surface area (Å²) in [5, 5.41) is 0.922. The fourth-order valence-corrected chi connectivity index (χ4v) is 2.34. The molecule has 14 heavy (non-hydrogen) atoms. The molecule has 2 rings (SSSR count). The van der Waals surface area contributed by atoms with Crippen LogP contribution in [0.4, 0.5) is 0 Å². The van der Waals surface area contributed by atoms with Crippen molar-refractivity contribution in [1.29, 1.82) is 0 Å². The number of halogens is 1. The van der Waals surface area contributed by atoms with Crippen LogP contribution < -0.4 is 0 Å². The van der Waals surface area contributed by atoms with E-state index in [-0.39, 0.29) is 0 Å². The van der Waals surface area contributed by atoms with Gasteiger partial charge in [-0.05, 0) is 36.8 Å². The Morgan fingerprint density at radius 2 is 1.71 bits per heavy atom. The topological polar surface area (TPSA) is 0 Å². The molecular formula is C13H16Cl. The SMILES string of the molecule is Clc1ccccc1C[C]1CCCCC1. The Kier molecular flexibility index (Phi) is 3.47. The van der Waals surface area contributed by atoms with Crippen LogP contribution in [0.25, 0.3) is 0 Å². The van der Waals surface area contributed by atoms with Gasteiger partial charge < -0.3 is 0 Å². The zero-order chi connectivity index (χ0) is 9.80. The lowest BCUT2D eigenvalue weighted by atomic mass is 9.85. The summed E-state index contributed by atoms with van der Waals surface area (Å²) < 4.78 is 0. The van der Waals surface area contributed by atoms with Crippen molar-refractivity contribution >= 4 is 11.6 Å². The molecule has 0 heterocycles. The van der Waals surface area contributed by atoms with Crippen molar-refractivity contribution < 1.29 is 0 Å². The van der Waals surface area contributed by atoms with Gasteiger partial charge in [0.05, 0.1) is 0 Å². The van der Waals surface area contributed by atoms with Crippen molar-refractivity contribution in [2.45, 2.75) is 38.5 Å². The predicted molar refractivity (Wildman–Crippen MR) is 61.5 cm³/mol. The minimum atomic E-state index is 0.922. The van der Waals surface area contributed by atoms with E-state index >= 15 is 0 Å². The Bertz CT molecular complexity index is 287. The van der Waals surface area contributed by atoms with Gasteiger partial charge in [0.15, 0.2) is 0 Å². The van der Waals surface area contributed by atoms with Crippen molar-refractivity contribution in [3.8, 4) is 0 Å². The van der Waals surface area contributed by atoms with E-state index in [4.69, 9.17) is 11.6 Å². The lowest BCUT2D eigenvalue weighted by molar-refractivity contribution is 0.520. The summed E-state index contributed by atoms with van der Waals surface area (Å²) in [5.41, 5.74) is 1.30. The molecule has 75 valence electrons. The van der Waals surface area contributed by atoms with Gasteiger partial charge in [-0.3, -0.25) is 0 Å². The van der Waals surface area contributed by atoms with E-state index in [1.54, 1.807) is 5.92 Å². The molecule has 0 spiro atoms. The molecule has 1 radical (unpaired) electrons. The molecule has 1 heteroatoms. The average Bonchev–Trinajstić information content (AvgIpc) is 2.23. The minimum absolute atomic E-state index is 0.922. The van der Waals surface area contributed by atoms with Crippen molar-refractivity contribution in [3.63, 3.8) is 0 Å². The molecule has 0 amide bonds. The first kappa shape index (κ1) is 10.0. The third-order valence-electron chi connectivity index (χ3n) is 2.96. The molecule has 1 fully saturated rings. The largest absolute Gasteiger partial charge is 0.0840 e. The first-order valence-electron chi connectivity index (χ1n) is 5.43. The summed E-state index contributed by atoms with van der Waals surface area (Å²) in [6.07, 6.45) is 7.88. The fraction of sp³-hybridized carbons (Fsp3) is 0.462. The zero-order valence-electron chi connectivity index (χ0n) is 8.43. The maximum absolute atomic E-state index is 6.13. The van der Waals surface area contributed by atoms with Gasteiger partial charge >= 0.3 is 0 Å². The van der Waals surface area contributed by atoms with Gasteiger partial charge in [0.1, 0.15) is 0 Å². The normalized spacial score (nSPS) is 18.4. The average molecular weight is 208 g/mol. The molecule has 0 atom stereocenters. The smallest absolute Gasteiger partial charge is 0.0438 e. The molecule has 0 aromatic heterocycles. The highest BCUT2D eigenvalue weighted by Gasteiger charge is 2.15. The van der Waals surface area contributed by atoms with Crippen LogP contribution in [0.5, 0.6) is 0 Å². The van der Waals surface area contributed by atoms with Gasteiger partial charge in [-0.1, -0.05) is 49.1 Å². The second kappa shape index (κ2) is 4.84. The van der Waals surface area contributed by atoms with Crippen LogP contribution in [0.3, 0.4) is 0 Å². The molecule has 1 aromatic rings. The first-order chi connectivity index (χ1) is 6.86. The van der Waals surface area contributed by atoms with Crippen molar-refractivity contribution in [2.24, 2.45) is 0 Å². The molecule has 0 N–H and O–H groups in total. The van der Waals surface area contributed by atoms with Crippen LogP contribution in [0, 0.1) is 5.92 Å². The van der Waals surface area contributed by atoms with E-state index in [1.807, 2.05) is 12.1 Å². The van der Waals surface area contributed by atoms with Crippen molar-refractivity contribution in [1.82, 2.24) is 0 Å². The summed E-state index contributed by atoms with van der Waals surface area (Å²) in [6, 6.07) is 8.20. The zero-order valence-corrected chi connectivity index (χ0v) is 9.19. The molecule has 0 nitrogen and oxygen atoms in total. The van der Waals surface area contributed by atoms with Crippen molar-refractivity contribution in [2.75, 3.05) is 0 Å². The van der Waals surface area contributed by atoms with Crippen LogP contribution in [0.15, 0.2) is 24.3 Å². The molecule has 1 aliphatic rings. The molecule has 0 bridgehead atoms. The second-order valence-electron chi connectivity index (χ2n) is 4.08. The van der Waals surface area contributed by atoms with E-state index in [1.165, 1.54) is 37.7 Å². The highest BCUT2D eigenvalue weighted by molar-refractivity contribution is 6.31. The third-order valence-corrected chi connectivity index (χ3v) is 3.33. The molecule has 0 saturated heterocycles. The third kappa shape index (κ3) is 2.51. The first-order valence-corrected chi connectivity index (χ1v) is 5.81. The standard InChI is InChI=1S/C13H16Cl/c14-13-9-5-4-8-12(13)10-11-6-2-1-3-7-11/h4-5,8-9H,1-3,6-7,10H2. The maximum atomic E-state index is 6.13. The second-order valence-corrected chi connectivity index (χ2v) is 4.49. The van der Waals surface area contributed by atoms with Crippen LogP contribution in [-0.2, 0) is 6.42 Å². The lowest BCUT2D eigenvalue weighted by Gasteiger charge is -2.21. The molecule has 1 saturated carbocycles. The monoisotopic (exact) mass is 207 g/mol. The van der Waals surface area contributed by atoms with E-state index in [2.05, 4.69) is 12.1 Å². The number of hydrogen-bond acceptors (Lipinski definition) is 0. The summed E-state index contributed by atoms with van der Waals surface area (Å²) >= 11 is 6.13. The van der Waals surface area contributed by atoms with Crippen LogP contribution in [0.1, 0.15) is 37.7 Å². The molecule has 0 aliphatic heterocycles. The van der Waals surface area contributed by atoms with Gasteiger partial charge in [0.2, 0.25) is 0 Å². The number of hydrogen-bond donors (Lipinski definition) is 0. The van der Waals surface area contributed by atoms with Crippen LogP contribution in [-0.4, -0.2) is 0 Å². The molecule has 1 aromatic carbocycles. The Morgan fingerprint density at radius 3 is 2.43 bits per heavy atom.